The van der Waals surface area contributed by atoms with E-state index < -0.39 is 0 Å². The van der Waals surface area contributed by atoms with Crippen LogP contribution < -0.4 is 10.5 Å². The summed E-state index contributed by atoms with van der Waals surface area (Å²) in [7, 11) is 1.72. The molecule has 2 fully saturated rings. The van der Waals surface area contributed by atoms with E-state index >= 15 is 0 Å². The number of methoxy groups -OCH3 is 1. The number of hydrogen-bond acceptors (Lipinski definition) is 5. The summed E-state index contributed by atoms with van der Waals surface area (Å²) in [5, 5.41) is 0. The molecular formula is C19H30N2O3. The third kappa shape index (κ3) is 4.48. The molecule has 1 aliphatic carbocycles. The summed E-state index contributed by atoms with van der Waals surface area (Å²) in [5.41, 5.74) is 7.20. The lowest BCUT2D eigenvalue weighted by molar-refractivity contribution is -0.0571. The summed E-state index contributed by atoms with van der Waals surface area (Å²) in [6, 6.07) is 8.21. The van der Waals surface area contributed by atoms with E-state index in [0.717, 1.165) is 44.2 Å². The van der Waals surface area contributed by atoms with E-state index in [4.69, 9.17) is 19.9 Å². The van der Waals surface area contributed by atoms with Crippen molar-refractivity contribution < 1.29 is 14.2 Å². The number of rotatable bonds is 8. The molecule has 0 bridgehead atoms. The average Bonchev–Trinajstić information content (AvgIpc) is 2.58. The molecule has 1 atom stereocenters. The van der Waals surface area contributed by atoms with E-state index in [9.17, 15) is 0 Å². The Labute approximate surface area is 145 Å². The van der Waals surface area contributed by atoms with Crippen LogP contribution in [-0.4, -0.2) is 57.5 Å². The number of morpholine rings is 1. The summed E-state index contributed by atoms with van der Waals surface area (Å²) < 4.78 is 17.0. The molecule has 0 radical (unpaired) electrons. The molecule has 24 heavy (non-hydrogen) atoms. The maximum Gasteiger partial charge on any atom is 0.119 e. The summed E-state index contributed by atoms with van der Waals surface area (Å²) >= 11 is 0. The Kier molecular flexibility index (Phi) is 6.11. The van der Waals surface area contributed by atoms with Gasteiger partial charge in [-0.25, -0.2) is 0 Å². The van der Waals surface area contributed by atoms with Crippen molar-refractivity contribution in [2.24, 2.45) is 11.1 Å². The molecule has 1 saturated carbocycles. The fourth-order valence-electron chi connectivity index (χ4n) is 3.69. The normalized spacial score (nSPS) is 23.7. The molecule has 5 heteroatoms. The molecule has 134 valence electrons. The lowest BCUT2D eigenvalue weighted by Gasteiger charge is -2.46. The summed E-state index contributed by atoms with van der Waals surface area (Å²) in [4.78, 5) is 2.50. The molecule has 0 amide bonds. The van der Waals surface area contributed by atoms with Gasteiger partial charge in [0.15, 0.2) is 0 Å². The van der Waals surface area contributed by atoms with Crippen molar-refractivity contribution in [3.8, 4) is 5.75 Å². The Morgan fingerprint density at radius 1 is 1.38 bits per heavy atom. The number of nitrogens with zero attached hydrogens (tertiary/aromatic N) is 1. The highest BCUT2D eigenvalue weighted by Gasteiger charge is 2.40. The minimum atomic E-state index is 0.183. The maximum absolute atomic E-state index is 6.16. The summed E-state index contributed by atoms with van der Waals surface area (Å²) in [6.45, 7) is 5.84. The summed E-state index contributed by atoms with van der Waals surface area (Å²) in [5.74, 6) is 0.942. The molecule has 1 heterocycles. The van der Waals surface area contributed by atoms with E-state index in [0.29, 0.717) is 13.2 Å². The van der Waals surface area contributed by atoms with Crippen LogP contribution in [0.2, 0.25) is 0 Å². The smallest absolute Gasteiger partial charge is 0.119 e. The van der Waals surface area contributed by atoms with Crippen LogP contribution >= 0.6 is 0 Å². The third-order valence-electron chi connectivity index (χ3n) is 5.21. The number of nitrogens with two attached hydrogens (primary N) is 1. The zero-order valence-corrected chi connectivity index (χ0v) is 14.7. The largest absolute Gasteiger partial charge is 0.493 e. The molecule has 3 rings (SSSR count). The monoisotopic (exact) mass is 334 g/mol. The van der Waals surface area contributed by atoms with Crippen LogP contribution in [0.5, 0.6) is 5.75 Å². The Morgan fingerprint density at radius 3 is 2.96 bits per heavy atom. The molecule has 2 N–H and O–H groups in total. The van der Waals surface area contributed by atoms with Crippen LogP contribution in [0.4, 0.5) is 0 Å². The van der Waals surface area contributed by atoms with Crippen LogP contribution in [0.15, 0.2) is 24.3 Å². The molecule has 5 nitrogen and oxygen atoms in total. The highest BCUT2D eigenvalue weighted by Crippen LogP contribution is 2.42. The fraction of sp³-hybridized carbons (Fsp3) is 0.684. The van der Waals surface area contributed by atoms with Crippen molar-refractivity contribution in [3.05, 3.63) is 29.8 Å². The van der Waals surface area contributed by atoms with Gasteiger partial charge in [-0.3, -0.25) is 4.90 Å². The second kappa shape index (κ2) is 8.30. The maximum atomic E-state index is 6.16. The molecule has 1 aromatic carbocycles. The van der Waals surface area contributed by atoms with Crippen LogP contribution in [-0.2, 0) is 16.1 Å². The van der Waals surface area contributed by atoms with Crippen molar-refractivity contribution >= 4 is 0 Å². The lowest BCUT2D eigenvalue weighted by Crippen LogP contribution is -2.52. The van der Waals surface area contributed by atoms with Crippen molar-refractivity contribution in [3.63, 3.8) is 0 Å². The fourth-order valence-corrected chi connectivity index (χ4v) is 3.69. The van der Waals surface area contributed by atoms with Gasteiger partial charge in [0.2, 0.25) is 0 Å². The predicted octanol–water partition coefficient (Wildman–Crippen LogP) is 2.04. The zero-order valence-electron chi connectivity index (χ0n) is 14.7. The Hall–Kier alpha value is -1.14. The van der Waals surface area contributed by atoms with Gasteiger partial charge in [0.05, 0.1) is 25.9 Å². The molecule has 1 unspecified atom stereocenters. The SMILES string of the molecule is COCc1cccc(OCC2(CN3CCOC(CN)C3)CCC2)c1. The van der Waals surface area contributed by atoms with Crippen LogP contribution in [0.25, 0.3) is 0 Å². The minimum Gasteiger partial charge on any atom is -0.493 e. The lowest BCUT2D eigenvalue weighted by atomic mass is 9.69. The van der Waals surface area contributed by atoms with Gasteiger partial charge in [-0.05, 0) is 30.5 Å². The molecule has 1 aliphatic heterocycles. The van der Waals surface area contributed by atoms with E-state index in [-0.39, 0.29) is 11.5 Å². The van der Waals surface area contributed by atoms with Gasteiger partial charge in [-0.2, -0.15) is 0 Å². The van der Waals surface area contributed by atoms with Gasteiger partial charge >= 0.3 is 0 Å². The van der Waals surface area contributed by atoms with Crippen molar-refractivity contribution in [1.82, 2.24) is 4.90 Å². The Morgan fingerprint density at radius 2 is 2.25 bits per heavy atom. The van der Waals surface area contributed by atoms with E-state index in [1.165, 1.54) is 19.3 Å². The first kappa shape index (κ1) is 17.7. The molecule has 1 aromatic rings. The van der Waals surface area contributed by atoms with Gasteiger partial charge in [-0.15, -0.1) is 0 Å². The quantitative estimate of drug-likeness (QED) is 0.788. The topological polar surface area (TPSA) is 57.0 Å². The van der Waals surface area contributed by atoms with Crippen molar-refractivity contribution in [1.29, 1.82) is 0 Å². The van der Waals surface area contributed by atoms with E-state index in [1.807, 2.05) is 12.1 Å². The first-order valence-electron chi connectivity index (χ1n) is 8.98. The Bertz CT molecular complexity index is 519. The number of benzene rings is 1. The van der Waals surface area contributed by atoms with Gasteiger partial charge in [0.25, 0.3) is 0 Å². The summed E-state index contributed by atoms with van der Waals surface area (Å²) in [6.07, 6.45) is 3.98. The minimum absolute atomic E-state index is 0.183. The second-order valence-electron chi connectivity index (χ2n) is 7.19. The average molecular weight is 334 g/mol. The van der Waals surface area contributed by atoms with Crippen LogP contribution in [0, 0.1) is 5.41 Å². The van der Waals surface area contributed by atoms with Gasteiger partial charge in [0.1, 0.15) is 5.75 Å². The first-order chi connectivity index (χ1) is 11.7. The molecule has 1 saturated heterocycles. The van der Waals surface area contributed by atoms with Gasteiger partial charge in [0, 0.05) is 38.7 Å². The molecule has 0 spiro atoms. The van der Waals surface area contributed by atoms with Crippen molar-refractivity contribution in [2.75, 3.05) is 46.5 Å². The highest BCUT2D eigenvalue weighted by molar-refractivity contribution is 5.28. The van der Waals surface area contributed by atoms with E-state index in [1.54, 1.807) is 7.11 Å². The number of hydrogen-bond donors (Lipinski definition) is 1. The zero-order chi connectivity index (χ0) is 16.8. The first-order valence-corrected chi connectivity index (χ1v) is 8.98. The van der Waals surface area contributed by atoms with Gasteiger partial charge < -0.3 is 19.9 Å². The second-order valence-corrected chi connectivity index (χ2v) is 7.19. The third-order valence-corrected chi connectivity index (χ3v) is 5.21. The van der Waals surface area contributed by atoms with Crippen LogP contribution in [0.3, 0.4) is 0 Å². The Balaban J connectivity index is 1.55. The highest BCUT2D eigenvalue weighted by atomic mass is 16.5. The molecular weight excluding hydrogens is 304 g/mol. The van der Waals surface area contributed by atoms with Gasteiger partial charge in [-0.1, -0.05) is 18.6 Å². The molecule has 2 aliphatic rings. The predicted molar refractivity (Wildman–Crippen MR) is 94.2 cm³/mol. The molecule has 0 aromatic heterocycles. The standard InChI is InChI=1S/C19H30N2O3/c1-22-13-16-4-2-5-17(10-16)24-15-19(6-3-7-19)14-21-8-9-23-18(11-20)12-21/h2,4-5,10,18H,3,6-9,11-15,20H2,1H3. The van der Waals surface area contributed by atoms with Crippen molar-refractivity contribution in [2.45, 2.75) is 32.0 Å². The number of ether oxygens (including phenoxy) is 3. The van der Waals surface area contributed by atoms with E-state index in [2.05, 4.69) is 17.0 Å². The van der Waals surface area contributed by atoms with Crippen LogP contribution in [0.1, 0.15) is 24.8 Å².